The van der Waals surface area contributed by atoms with Crippen molar-refractivity contribution >= 4 is 35.3 Å². The lowest BCUT2D eigenvalue weighted by Crippen LogP contribution is -2.45. The van der Waals surface area contributed by atoms with Crippen molar-refractivity contribution in [2.24, 2.45) is 0 Å². The van der Waals surface area contributed by atoms with Crippen molar-refractivity contribution in [3.63, 3.8) is 0 Å². The highest BCUT2D eigenvalue weighted by molar-refractivity contribution is 8.04. The first-order valence-electron chi connectivity index (χ1n) is 11.1. The fraction of sp³-hybridized carbons (Fsp3) is 0.185. The van der Waals surface area contributed by atoms with Gasteiger partial charge in [0.1, 0.15) is 6.54 Å². The monoisotopic (exact) mass is 494 g/mol. The van der Waals surface area contributed by atoms with Crippen LogP contribution < -0.4 is 4.90 Å². The number of para-hydroxylation sites is 1. The fourth-order valence-electron chi connectivity index (χ4n) is 4.28. The van der Waals surface area contributed by atoms with Crippen LogP contribution in [0.3, 0.4) is 0 Å². The molecule has 0 bridgehead atoms. The van der Waals surface area contributed by atoms with E-state index in [9.17, 15) is 22.8 Å². The Hall–Kier alpha value is -3.52. The van der Waals surface area contributed by atoms with E-state index < -0.39 is 11.7 Å². The quantitative estimate of drug-likeness (QED) is 0.434. The summed E-state index contributed by atoms with van der Waals surface area (Å²) < 4.78 is 38.7. The Labute approximate surface area is 205 Å². The van der Waals surface area contributed by atoms with Crippen LogP contribution >= 0.6 is 11.8 Å². The zero-order valence-corrected chi connectivity index (χ0v) is 19.4. The van der Waals surface area contributed by atoms with Crippen LogP contribution in [-0.4, -0.2) is 29.8 Å². The summed E-state index contributed by atoms with van der Waals surface area (Å²) in [6.07, 6.45) is -2.09. The maximum atomic E-state index is 13.4. The first kappa shape index (κ1) is 23.2. The van der Waals surface area contributed by atoms with E-state index in [-0.39, 0.29) is 18.4 Å². The zero-order valence-electron chi connectivity index (χ0n) is 18.6. The number of thioether (sulfide) groups is 1. The molecule has 3 aromatic carbocycles. The van der Waals surface area contributed by atoms with Crippen LogP contribution in [0.4, 0.5) is 18.9 Å². The molecule has 2 aliphatic heterocycles. The van der Waals surface area contributed by atoms with Crippen molar-refractivity contribution in [1.82, 2.24) is 4.90 Å². The summed E-state index contributed by atoms with van der Waals surface area (Å²) in [5.41, 5.74) is 2.72. The molecule has 4 nitrogen and oxygen atoms in total. The Balaban J connectivity index is 1.40. The average Bonchev–Trinajstić information content (AvgIpc) is 2.86. The first-order valence-corrected chi connectivity index (χ1v) is 11.9. The van der Waals surface area contributed by atoms with Gasteiger partial charge in [0.05, 0.1) is 16.2 Å². The minimum atomic E-state index is -4.42. The fourth-order valence-corrected chi connectivity index (χ4v) is 5.34. The lowest BCUT2D eigenvalue weighted by atomic mass is 10.00. The topological polar surface area (TPSA) is 40.6 Å². The first-order chi connectivity index (χ1) is 16.8. The summed E-state index contributed by atoms with van der Waals surface area (Å²) >= 11 is 1.25. The van der Waals surface area contributed by atoms with E-state index in [0.29, 0.717) is 29.2 Å². The minimum absolute atomic E-state index is 0.108. The van der Waals surface area contributed by atoms with Crippen LogP contribution in [0.5, 0.6) is 0 Å². The number of anilines is 1. The molecule has 0 aliphatic carbocycles. The van der Waals surface area contributed by atoms with Crippen LogP contribution in [0.25, 0.3) is 6.08 Å². The number of rotatable bonds is 3. The number of hydrogen-bond acceptors (Lipinski definition) is 3. The number of fused-ring (bicyclic) bond motifs is 2. The SMILES string of the molecule is O=C(CN1C(=O)/C(=C\c2ccc(C(F)(F)F)cc2)Sc2ccccc21)N1CCc2ccccc2C1. The summed E-state index contributed by atoms with van der Waals surface area (Å²) in [7, 11) is 0. The highest BCUT2D eigenvalue weighted by Crippen LogP contribution is 2.42. The number of carbonyl (C=O) groups is 2. The highest BCUT2D eigenvalue weighted by Gasteiger charge is 2.33. The van der Waals surface area contributed by atoms with Gasteiger partial charge in [-0.25, -0.2) is 0 Å². The van der Waals surface area contributed by atoms with Gasteiger partial charge in [0.2, 0.25) is 5.91 Å². The van der Waals surface area contributed by atoms with Crippen LogP contribution in [0.1, 0.15) is 22.3 Å². The highest BCUT2D eigenvalue weighted by atomic mass is 32.2. The standard InChI is InChI=1S/C27H21F3N2O2S/c28-27(29,30)21-11-9-18(10-12-21)15-24-26(34)32(22-7-3-4-8-23(22)35-24)17-25(33)31-14-13-19-5-1-2-6-20(19)16-31/h1-12,15H,13-14,16-17H2/b24-15+. The third-order valence-electron chi connectivity index (χ3n) is 6.14. The average molecular weight is 495 g/mol. The number of hydrogen-bond donors (Lipinski definition) is 0. The Morgan fingerprint density at radius 1 is 0.943 bits per heavy atom. The van der Waals surface area contributed by atoms with Crippen LogP contribution in [0.15, 0.2) is 82.6 Å². The summed E-state index contributed by atoms with van der Waals surface area (Å²) in [4.78, 5) is 31.0. The van der Waals surface area contributed by atoms with Crippen molar-refractivity contribution in [1.29, 1.82) is 0 Å². The van der Waals surface area contributed by atoms with Gasteiger partial charge in [0, 0.05) is 18.0 Å². The Morgan fingerprint density at radius 3 is 2.37 bits per heavy atom. The number of nitrogens with zero attached hydrogens (tertiary/aromatic N) is 2. The van der Waals surface area contributed by atoms with E-state index in [0.717, 1.165) is 29.0 Å². The van der Waals surface area contributed by atoms with E-state index in [4.69, 9.17) is 0 Å². The predicted molar refractivity (Wildman–Crippen MR) is 130 cm³/mol. The normalized spacial score (nSPS) is 16.8. The van der Waals surface area contributed by atoms with Crippen molar-refractivity contribution in [2.75, 3.05) is 18.0 Å². The van der Waals surface area contributed by atoms with Gasteiger partial charge in [0.25, 0.3) is 5.91 Å². The molecule has 2 heterocycles. The maximum Gasteiger partial charge on any atom is 0.416 e. The second kappa shape index (κ2) is 9.26. The summed E-state index contributed by atoms with van der Waals surface area (Å²) in [5.74, 6) is -0.497. The molecule has 178 valence electrons. The van der Waals surface area contributed by atoms with E-state index in [1.807, 2.05) is 36.4 Å². The zero-order chi connectivity index (χ0) is 24.6. The number of amides is 2. The Morgan fingerprint density at radius 2 is 1.63 bits per heavy atom. The van der Waals surface area contributed by atoms with Crippen LogP contribution in [0, 0.1) is 0 Å². The molecule has 0 N–H and O–H groups in total. The molecule has 35 heavy (non-hydrogen) atoms. The molecule has 0 radical (unpaired) electrons. The minimum Gasteiger partial charge on any atom is -0.336 e. The van der Waals surface area contributed by atoms with Crippen molar-refractivity contribution < 1.29 is 22.8 Å². The van der Waals surface area contributed by atoms with Gasteiger partial charge >= 0.3 is 6.18 Å². The molecule has 2 amide bonds. The van der Waals surface area contributed by atoms with E-state index in [1.54, 1.807) is 17.0 Å². The molecule has 3 aromatic rings. The predicted octanol–water partition coefficient (Wildman–Crippen LogP) is 5.77. The molecule has 0 atom stereocenters. The van der Waals surface area contributed by atoms with E-state index in [2.05, 4.69) is 6.07 Å². The summed E-state index contributed by atoms with van der Waals surface area (Å²) in [5, 5.41) is 0. The van der Waals surface area contributed by atoms with Gasteiger partial charge < -0.3 is 4.90 Å². The molecule has 5 rings (SSSR count). The number of alkyl halides is 3. The lowest BCUT2D eigenvalue weighted by Gasteiger charge is -2.34. The van der Waals surface area contributed by atoms with E-state index in [1.165, 1.54) is 34.4 Å². The third kappa shape index (κ3) is 4.84. The molecule has 0 aromatic heterocycles. The van der Waals surface area contributed by atoms with Crippen molar-refractivity contribution in [2.45, 2.75) is 24.0 Å². The van der Waals surface area contributed by atoms with Crippen molar-refractivity contribution in [3.05, 3.63) is 100.0 Å². The molecule has 0 spiro atoms. The number of benzene rings is 3. The molecule has 0 saturated heterocycles. The van der Waals surface area contributed by atoms with Crippen LogP contribution in [0.2, 0.25) is 0 Å². The Bertz CT molecular complexity index is 1320. The molecular formula is C27H21F3N2O2S. The molecule has 0 saturated carbocycles. The lowest BCUT2D eigenvalue weighted by molar-refractivity contribution is -0.137. The van der Waals surface area contributed by atoms with Gasteiger partial charge in [0.15, 0.2) is 0 Å². The molecule has 0 fully saturated rings. The molecule has 0 unspecified atom stereocenters. The number of carbonyl (C=O) groups excluding carboxylic acids is 2. The Kier molecular flexibility index (Phi) is 6.15. The van der Waals surface area contributed by atoms with E-state index >= 15 is 0 Å². The van der Waals surface area contributed by atoms with Gasteiger partial charge in [-0.3, -0.25) is 14.5 Å². The molecule has 8 heteroatoms. The maximum absolute atomic E-state index is 13.4. The van der Waals surface area contributed by atoms with Gasteiger partial charge in [-0.15, -0.1) is 0 Å². The number of halogens is 3. The molecule has 2 aliphatic rings. The largest absolute Gasteiger partial charge is 0.416 e. The second-order valence-electron chi connectivity index (χ2n) is 8.42. The summed E-state index contributed by atoms with van der Waals surface area (Å²) in [6.45, 7) is 0.979. The second-order valence-corrected chi connectivity index (χ2v) is 9.51. The molecular weight excluding hydrogens is 473 g/mol. The summed E-state index contributed by atoms with van der Waals surface area (Å²) in [6, 6.07) is 20.0. The van der Waals surface area contributed by atoms with Gasteiger partial charge in [-0.1, -0.05) is 60.3 Å². The van der Waals surface area contributed by atoms with Gasteiger partial charge in [-0.2, -0.15) is 13.2 Å². The smallest absolute Gasteiger partial charge is 0.336 e. The van der Waals surface area contributed by atoms with Crippen LogP contribution in [-0.2, 0) is 28.7 Å². The van der Waals surface area contributed by atoms with Crippen molar-refractivity contribution in [3.8, 4) is 0 Å². The third-order valence-corrected chi connectivity index (χ3v) is 7.22. The van der Waals surface area contributed by atoms with Gasteiger partial charge in [-0.05, 0) is 53.5 Å².